The minimum atomic E-state index is -0.112. The highest BCUT2D eigenvalue weighted by Gasteiger charge is 2.19. The van der Waals surface area contributed by atoms with Gasteiger partial charge in [0.2, 0.25) is 0 Å². The first-order chi connectivity index (χ1) is 6.93. The molecular weight excluding hydrogens is 188 g/mol. The highest BCUT2D eigenvalue weighted by molar-refractivity contribution is 4.80. The first-order valence-corrected chi connectivity index (χ1v) is 5.92. The molecule has 0 spiro atoms. The second kappa shape index (κ2) is 7.20. The number of likely N-dealkylation sites (N-methyl/N-ethyl adjacent to an activating group) is 1. The molecule has 0 radical (unpaired) electrons. The summed E-state index contributed by atoms with van der Waals surface area (Å²) in [5, 5.41) is 12.4. The van der Waals surface area contributed by atoms with Crippen molar-refractivity contribution in [1.82, 2.24) is 10.2 Å². The van der Waals surface area contributed by atoms with Crippen LogP contribution in [0, 0.1) is 5.92 Å². The van der Waals surface area contributed by atoms with Gasteiger partial charge in [-0.25, -0.2) is 0 Å². The number of nitrogens with one attached hydrogen (secondary N) is 1. The van der Waals surface area contributed by atoms with Crippen LogP contribution in [0.4, 0.5) is 0 Å². The van der Waals surface area contributed by atoms with Gasteiger partial charge >= 0.3 is 0 Å². The van der Waals surface area contributed by atoms with Gasteiger partial charge in [-0.15, -0.1) is 0 Å². The Kier molecular flexibility index (Phi) is 7.14. The molecule has 0 heterocycles. The molecule has 0 saturated carbocycles. The number of rotatable bonds is 8. The van der Waals surface area contributed by atoms with Crippen LogP contribution in [0.15, 0.2) is 0 Å². The molecule has 0 aromatic heterocycles. The summed E-state index contributed by atoms with van der Waals surface area (Å²) in [6.07, 6.45) is 2.14. The van der Waals surface area contributed by atoms with E-state index in [9.17, 15) is 5.11 Å². The van der Waals surface area contributed by atoms with Crippen molar-refractivity contribution in [3.8, 4) is 0 Å². The fourth-order valence-electron chi connectivity index (χ4n) is 1.74. The molecule has 92 valence electrons. The zero-order chi connectivity index (χ0) is 11.9. The van der Waals surface area contributed by atoms with Crippen LogP contribution in [-0.4, -0.2) is 49.3 Å². The van der Waals surface area contributed by atoms with Gasteiger partial charge in [0.15, 0.2) is 0 Å². The summed E-state index contributed by atoms with van der Waals surface area (Å²) in [4.78, 5) is 2.36. The lowest BCUT2D eigenvalue weighted by Crippen LogP contribution is -2.43. The Balaban J connectivity index is 3.68. The van der Waals surface area contributed by atoms with Gasteiger partial charge in [0.1, 0.15) is 0 Å². The lowest BCUT2D eigenvalue weighted by Gasteiger charge is -2.28. The predicted octanol–water partition coefficient (Wildman–Crippen LogP) is 1.32. The lowest BCUT2D eigenvalue weighted by atomic mass is 9.97. The molecule has 15 heavy (non-hydrogen) atoms. The van der Waals surface area contributed by atoms with Gasteiger partial charge in [0.25, 0.3) is 0 Å². The average molecular weight is 216 g/mol. The molecule has 0 aliphatic heterocycles. The average Bonchev–Trinajstić information content (AvgIpc) is 2.16. The van der Waals surface area contributed by atoms with Crippen LogP contribution >= 0.6 is 0 Å². The molecule has 2 N–H and O–H groups in total. The topological polar surface area (TPSA) is 35.5 Å². The summed E-state index contributed by atoms with van der Waals surface area (Å²) in [6.45, 7) is 9.00. The predicted molar refractivity (Wildman–Crippen MR) is 66.1 cm³/mol. The van der Waals surface area contributed by atoms with Crippen LogP contribution in [0.1, 0.15) is 33.6 Å². The van der Waals surface area contributed by atoms with Crippen molar-refractivity contribution in [3.63, 3.8) is 0 Å². The van der Waals surface area contributed by atoms with Crippen molar-refractivity contribution in [2.45, 2.75) is 39.2 Å². The van der Waals surface area contributed by atoms with Crippen molar-refractivity contribution in [2.75, 3.05) is 33.8 Å². The number of hydrogen-bond acceptors (Lipinski definition) is 3. The second-order valence-electron chi connectivity index (χ2n) is 5.23. The molecule has 0 rings (SSSR count). The molecular formula is C12H28N2O. The van der Waals surface area contributed by atoms with Gasteiger partial charge in [0.05, 0.1) is 6.61 Å². The number of aliphatic hydroxyl groups excluding tert-OH is 1. The van der Waals surface area contributed by atoms with E-state index < -0.39 is 0 Å². The van der Waals surface area contributed by atoms with Crippen molar-refractivity contribution < 1.29 is 5.11 Å². The Hall–Kier alpha value is -0.120. The van der Waals surface area contributed by atoms with Gasteiger partial charge in [-0.05, 0) is 46.3 Å². The normalized spacial score (nSPS) is 16.0. The molecule has 0 aliphatic rings. The monoisotopic (exact) mass is 216 g/mol. The van der Waals surface area contributed by atoms with E-state index >= 15 is 0 Å². The smallest absolute Gasteiger partial charge is 0.0610 e. The Bertz CT molecular complexity index is 156. The van der Waals surface area contributed by atoms with E-state index in [0.717, 1.165) is 31.8 Å². The first-order valence-electron chi connectivity index (χ1n) is 5.92. The summed E-state index contributed by atoms with van der Waals surface area (Å²) in [5.41, 5.74) is -0.112. The summed E-state index contributed by atoms with van der Waals surface area (Å²) in [7, 11) is 4.07. The van der Waals surface area contributed by atoms with Gasteiger partial charge < -0.3 is 15.3 Å². The molecule has 3 heteroatoms. The molecule has 0 aliphatic carbocycles. The van der Waals surface area contributed by atoms with Crippen molar-refractivity contribution in [1.29, 1.82) is 0 Å². The maximum atomic E-state index is 9.22. The largest absolute Gasteiger partial charge is 0.394 e. The fraction of sp³-hybridized carbons (Fsp3) is 1.00. The SMILES string of the molecule is CNC(C)(CO)CCCN(C)CC(C)C. The third-order valence-corrected chi connectivity index (χ3v) is 2.90. The fourth-order valence-corrected chi connectivity index (χ4v) is 1.74. The Morgan fingerprint density at radius 3 is 2.40 bits per heavy atom. The number of nitrogens with zero attached hydrogens (tertiary/aromatic N) is 1. The molecule has 1 atom stereocenters. The summed E-state index contributed by atoms with van der Waals surface area (Å²) < 4.78 is 0. The highest BCUT2D eigenvalue weighted by atomic mass is 16.3. The minimum absolute atomic E-state index is 0.112. The second-order valence-corrected chi connectivity index (χ2v) is 5.23. The van der Waals surface area contributed by atoms with Gasteiger partial charge in [-0.3, -0.25) is 0 Å². The molecule has 1 unspecified atom stereocenters. The standard InChI is InChI=1S/C12H28N2O/c1-11(2)9-14(5)8-6-7-12(3,10-15)13-4/h11,13,15H,6-10H2,1-5H3. The van der Waals surface area contributed by atoms with Gasteiger partial charge in [-0.2, -0.15) is 0 Å². The molecule has 0 aromatic carbocycles. The Labute approximate surface area is 94.9 Å². The third kappa shape index (κ3) is 6.88. The van der Waals surface area contributed by atoms with Crippen LogP contribution in [0.3, 0.4) is 0 Å². The number of aliphatic hydroxyl groups is 1. The van der Waals surface area contributed by atoms with E-state index in [2.05, 4.69) is 38.0 Å². The maximum absolute atomic E-state index is 9.22. The molecule has 0 aromatic rings. The van der Waals surface area contributed by atoms with Crippen LogP contribution in [-0.2, 0) is 0 Å². The molecule has 3 nitrogen and oxygen atoms in total. The van der Waals surface area contributed by atoms with Gasteiger partial charge in [0, 0.05) is 12.1 Å². The van der Waals surface area contributed by atoms with Crippen molar-refractivity contribution >= 4 is 0 Å². The zero-order valence-electron chi connectivity index (χ0n) is 11.0. The van der Waals surface area contributed by atoms with Crippen molar-refractivity contribution in [2.24, 2.45) is 5.92 Å². The molecule has 0 fully saturated rings. The maximum Gasteiger partial charge on any atom is 0.0610 e. The summed E-state index contributed by atoms with van der Waals surface area (Å²) >= 11 is 0. The van der Waals surface area contributed by atoms with Crippen LogP contribution < -0.4 is 5.32 Å². The number of hydrogen-bond donors (Lipinski definition) is 2. The highest BCUT2D eigenvalue weighted by Crippen LogP contribution is 2.11. The van der Waals surface area contributed by atoms with E-state index in [-0.39, 0.29) is 12.1 Å². The zero-order valence-corrected chi connectivity index (χ0v) is 11.0. The summed E-state index contributed by atoms with van der Waals surface area (Å²) in [5.74, 6) is 0.725. The van der Waals surface area contributed by atoms with E-state index in [1.54, 1.807) is 0 Å². The molecule has 0 amide bonds. The first kappa shape index (κ1) is 14.9. The Morgan fingerprint density at radius 2 is 2.00 bits per heavy atom. The van der Waals surface area contributed by atoms with E-state index in [1.807, 2.05) is 7.05 Å². The van der Waals surface area contributed by atoms with E-state index in [0.29, 0.717) is 0 Å². The van der Waals surface area contributed by atoms with Gasteiger partial charge in [-0.1, -0.05) is 13.8 Å². The van der Waals surface area contributed by atoms with Crippen LogP contribution in [0.5, 0.6) is 0 Å². The quantitative estimate of drug-likeness (QED) is 0.642. The van der Waals surface area contributed by atoms with E-state index in [4.69, 9.17) is 0 Å². The Morgan fingerprint density at radius 1 is 1.40 bits per heavy atom. The lowest BCUT2D eigenvalue weighted by molar-refractivity contribution is 0.165. The third-order valence-electron chi connectivity index (χ3n) is 2.90. The van der Waals surface area contributed by atoms with Crippen molar-refractivity contribution in [3.05, 3.63) is 0 Å². The molecule has 0 bridgehead atoms. The van der Waals surface area contributed by atoms with Crippen LogP contribution in [0.25, 0.3) is 0 Å². The summed E-state index contributed by atoms with van der Waals surface area (Å²) in [6, 6.07) is 0. The van der Waals surface area contributed by atoms with Crippen LogP contribution in [0.2, 0.25) is 0 Å². The minimum Gasteiger partial charge on any atom is -0.394 e. The van der Waals surface area contributed by atoms with E-state index in [1.165, 1.54) is 0 Å². The molecule has 0 saturated heterocycles.